The predicted octanol–water partition coefficient (Wildman–Crippen LogP) is 4.63. The van der Waals surface area contributed by atoms with E-state index in [2.05, 4.69) is 59.6 Å². The van der Waals surface area contributed by atoms with E-state index in [1.165, 1.54) is 0 Å². The van der Waals surface area contributed by atoms with Crippen LogP contribution in [0.4, 0.5) is 0 Å². The van der Waals surface area contributed by atoms with Crippen molar-refractivity contribution in [3.8, 4) is 0 Å². The molecule has 0 heterocycles. The molecule has 0 aromatic carbocycles. The molecule has 0 spiro atoms. The first-order valence-corrected chi connectivity index (χ1v) is 7.89. The van der Waals surface area contributed by atoms with Crippen LogP contribution in [0.15, 0.2) is 25.3 Å². The zero-order chi connectivity index (χ0) is 10.6. The smallest absolute Gasteiger partial charge is 0.0662 e. The summed E-state index contributed by atoms with van der Waals surface area (Å²) < 4.78 is 0. The summed E-state index contributed by atoms with van der Waals surface area (Å²) in [5, 5.41) is 0. The summed E-state index contributed by atoms with van der Waals surface area (Å²) in [5.41, 5.74) is 2.12. The molecule has 0 bridgehead atoms. The minimum absolute atomic E-state index is 0.667. The summed E-state index contributed by atoms with van der Waals surface area (Å²) in [4.78, 5) is 0. The first-order chi connectivity index (χ1) is 5.91. The van der Waals surface area contributed by atoms with E-state index < -0.39 is 8.07 Å². The zero-order valence-corrected chi connectivity index (χ0v) is 10.8. The third-order valence-corrected chi connectivity index (χ3v) is 10.8. The van der Waals surface area contributed by atoms with Gasteiger partial charge in [0.1, 0.15) is 0 Å². The molecule has 0 radical (unpaired) electrons. The average molecular weight is 196 g/mol. The summed E-state index contributed by atoms with van der Waals surface area (Å²) in [6, 6.07) is 0. The van der Waals surface area contributed by atoms with Gasteiger partial charge in [-0.1, -0.05) is 51.9 Å². The van der Waals surface area contributed by atoms with Crippen LogP contribution in [0, 0.1) is 0 Å². The van der Waals surface area contributed by atoms with Gasteiger partial charge in [0.25, 0.3) is 0 Å². The van der Waals surface area contributed by atoms with E-state index in [-0.39, 0.29) is 0 Å². The topological polar surface area (TPSA) is 0 Å². The van der Waals surface area contributed by atoms with Crippen LogP contribution in [0.2, 0.25) is 23.2 Å². The van der Waals surface area contributed by atoms with Gasteiger partial charge < -0.3 is 0 Å². The van der Waals surface area contributed by atoms with Crippen LogP contribution in [-0.2, 0) is 0 Å². The van der Waals surface area contributed by atoms with Gasteiger partial charge in [-0.3, -0.25) is 0 Å². The summed E-state index contributed by atoms with van der Waals surface area (Å²) >= 11 is 0. The molecule has 0 aliphatic heterocycles. The maximum atomic E-state index is 3.93. The molecule has 76 valence electrons. The van der Waals surface area contributed by atoms with Crippen LogP contribution in [0.3, 0.4) is 0 Å². The van der Waals surface area contributed by atoms with Crippen LogP contribution in [0.1, 0.15) is 27.7 Å². The molecule has 0 aromatic heterocycles. The minimum Gasteiger partial charge on any atom is -0.103 e. The number of allylic oxidation sites excluding steroid dienone is 2. The maximum Gasteiger partial charge on any atom is 0.0662 e. The SMILES string of the molecule is C=CC(C)[Si](C)(C(C)C)C(C)C=C. The van der Waals surface area contributed by atoms with Gasteiger partial charge in [-0.2, -0.15) is 0 Å². The molecule has 0 rings (SSSR count). The molecule has 2 atom stereocenters. The van der Waals surface area contributed by atoms with Gasteiger partial charge in [-0.25, -0.2) is 0 Å². The third-order valence-electron chi connectivity index (χ3n) is 3.91. The molecular formula is C12H24Si. The highest BCUT2D eigenvalue weighted by molar-refractivity contribution is 6.83. The third kappa shape index (κ3) is 2.34. The predicted molar refractivity (Wildman–Crippen MR) is 66.0 cm³/mol. The number of hydrogen-bond acceptors (Lipinski definition) is 0. The highest BCUT2D eigenvalue weighted by Crippen LogP contribution is 2.42. The number of rotatable bonds is 5. The van der Waals surface area contributed by atoms with Crippen molar-refractivity contribution in [1.29, 1.82) is 0 Å². The second-order valence-corrected chi connectivity index (χ2v) is 10.3. The molecule has 1 heteroatoms. The second-order valence-electron chi connectivity index (χ2n) is 4.57. The van der Waals surface area contributed by atoms with Gasteiger partial charge in [0.2, 0.25) is 0 Å². The molecule has 2 unspecified atom stereocenters. The lowest BCUT2D eigenvalue weighted by atomic mass is 10.4. The van der Waals surface area contributed by atoms with Gasteiger partial charge in [0, 0.05) is 0 Å². The molecule has 0 aromatic rings. The van der Waals surface area contributed by atoms with Crippen LogP contribution in [0.25, 0.3) is 0 Å². The summed E-state index contributed by atoms with van der Waals surface area (Å²) in [6.45, 7) is 19.6. The van der Waals surface area contributed by atoms with E-state index in [0.717, 1.165) is 5.54 Å². The van der Waals surface area contributed by atoms with Crippen LogP contribution in [-0.4, -0.2) is 8.07 Å². The van der Waals surface area contributed by atoms with E-state index in [4.69, 9.17) is 0 Å². The molecule has 0 N–H and O–H groups in total. The summed E-state index contributed by atoms with van der Waals surface area (Å²) in [5.74, 6) is 0. The van der Waals surface area contributed by atoms with Crippen LogP contribution in [0.5, 0.6) is 0 Å². The van der Waals surface area contributed by atoms with E-state index in [0.29, 0.717) is 11.1 Å². The van der Waals surface area contributed by atoms with Crippen molar-refractivity contribution in [2.75, 3.05) is 0 Å². The Morgan fingerprint density at radius 3 is 1.38 bits per heavy atom. The van der Waals surface area contributed by atoms with Gasteiger partial charge in [0.15, 0.2) is 0 Å². The molecule has 0 aliphatic carbocycles. The summed E-state index contributed by atoms with van der Waals surface area (Å²) in [6.07, 6.45) is 4.23. The van der Waals surface area contributed by atoms with Gasteiger partial charge in [-0.15, -0.1) is 13.2 Å². The van der Waals surface area contributed by atoms with Gasteiger partial charge in [-0.05, 0) is 11.1 Å². The van der Waals surface area contributed by atoms with E-state index >= 15 is 0 Å². The lowest BCUT2D eigenvalue weighted by Gasteiger charge is -2.40. The first kappa shape index (κ1) is 12.7. The molecule has 0 nitrogen and oxygen atoms in total. The van der Waals surface area contributed by atoms with Crippen molar-refractivity contribution in [2.24, 2.45) is 0 Å². The first-order valence-electron chi connectivity index (χ1n) is 5.16. The molecular weight excluding hydrogens is 172 g/mol. The molecule has 0 amide bonds. The van der Waals surface area contributed by atoms with Crippen molar-refractivity contribution in [1.82, 2.24) is 0 Å². The Balaban J connectivity index is 4.92. The Labute approximate surface area is 84.8 Å². The highest BCUT2D eigenvalue weighted by atomic mass is 28.3. The molecule has 0 saturated carbocycles. The van der Waals surface area contributed by atoms with Crippen molar-refractivity contribution in [3.63, 3.8) is 0 Å². The van der Waals surface area contributed by atoms with Gasteiger partial charge in [0.05, 0.1) is 8.07 Å². The Bertz CT molecular complexity index is 168. The fourth-order valence-electron chi connectivity index (χ4n) is 1.97. The zero-order valence-electron chi connectivity index (χ0n) is 9.80. The van der Waals surface area contributed by atoms with Crippen molar-refractivity contribution >= 4 is 8.07 Å². The highest BCUT2D eigenvalue weighted by Gasteiger charge is 2.38. The van der Waals surface area contributed by atoms with Crippen molar-refractivity contribution < 1.29 is 0 Å². The largest absolute Gasteiger partial charge is 0.103 e. The minimum atomic E-state index is -1.27. The Kier molecular flexibility index (Phi) is 4.69. The molecule has 0 aliphatic rings. The average Bonchev–Trinajstić information content (AvgIpc) is 2.13. The van der Waals surface area contributed by atoms with Crippen LogP contribution < -0.4 is 0 Å². The Hall–Kier alpha value is -0.303. The van der Waals surface area contributed by atoms with E-state index in [1.807, 2.05) is 0 Å². The van der Waals surface area contributed by atoms with E-state index in [9.17, 15) is 0 Å². The second kappa shape index (κ2) is 4.80. The lowest BCUT2D eigenvalue weighted by molar-refractivity contribution is 0.886. The lowest BCUT2D eigenvalue weighted by Crippen LogP contribution is -2.41. The fraction of sp³-hybridized carbons (Fsp3) is 0.667. The van der Waals surface area contributed by atoms with Crippen LogP contribution >= 0.6 is 0 Å². The number of hydrogen-bond donors (Lipinski definition) is 0. The van der Waals surface area contributed by atoms with Crippen molar-refractivity contribution in [2.45, 2.75) is 50.9 Å². The maximum absolute atomic E-state index is 3.93. The monoisotopic (exact) mass is 196 g/mol. The quantitative estimate of drug-likeness (QED) is 0.444. The fourth-order valence-corrected chi connectivity index (χ4v) is 5.92. The standard InChI is InChI=1S/C12H24Si/c1-8-11(5)13(7,10(3)4)12(6)9-2/h8-12H,1-2H2,3-7H3. The molecule has 0 fully saturated rings. The molecule has 13 heavy (non-hydrogen) atoms. The summed E-state index contributed by atoms with van der Waals surface area (Å²) in [7, 11) is -1.27. The normalized spacial score (nSPS) is 20.5. The Morgan fingerprint density at radius 1 is 0.923 bits per heavy atom. The van der Waals surface area contributed by atoms with E-state index in [1.54, 1.807) is 0 Å². The van der Waals surface area contributed by atoms with Crippen molar-refractivity contribution in [3.05, 3.63) is 25.3 Å². The Morgan fingerprint density at radius 2 is 1.23 bits per heavy atom. The molecule has 0 saturated heterocycles. The van der Waals surface area contributed by atoms with Gasteiger partial charge >= 0.3 is 0 Å².